The van der Waals surface area contributed by atoms with Crippen molar-refractivity contribution in [2.24, 2.45) is 23.7 Å². The standard InChI is InChI=1S/C14H15N3O/c1-8(18)17-6-10-2-9-3-11(7-17)14(10)13(5-16)12(9)4-15/h9-11,14H,2-3,6-7H2,1H3/t9?,10-,11+,14?. The molecule has 0 radical (unpaired) electrons. The van der Waals surface area contributed by atoms with Crippen molar-refractivity contribution in [2.75, 3.05) is 13.1 Å². The Kier molecular flexibility index (Phi) is 2.41. The third-order valence-electron chi connectivity index (χ3n) is 4.82. The maximum absolute atomic E-state index is 11.5. The molecule has 2 fully saturated rings. The van der Waals surface area contributed by atoms with E-state index in [1.807, 2.05) is 4.90 Å². The number of piperidine rings is 1. The van der Waals surface area contributed by atoms with Gasteiger partial charge in [0.05, 0.1) is 12.1 Å². The van der Waals surface area contributed by atoms with Crippen LogP contribution in [0.15, 0.2) is 11.1 Å². The first-order chi connectivity index (χ1) is 8.65. The Bertz CT molecular complexity index is 506. The molecular formula is C14H15N3O. The highest BCUT2D eigenvalue weighted by Crippen LogP contribution is 2.53. The van der Waals surface area contributed by atoms with E-state index in [0.29, 0.717) is 11.8 Å². The van der Waals surface area contributed by atoms with Crippen LogP contribution in [0.1, 0.15) is 19.8 Å². The lowest BCUT2D eigenvalue weighted by molar-refractivity contribution is -0.134. The smallest absolute Gasteiger partial charge is 0.219 e. The van der Waals surface area contributed by atoms with E-state index in [2.05, 4.69) is 12.1 Å². The molecular weight excluding hydrogens is 226 g/mol. The Balaban J connectivity index is 1.98. The summed E-state index contributed by atoms with van der Waals surface area (Å²) < 4.78 is 0. The predicted octanol–water partition coefficient (Wildman–Crippen LogP) is 1.46. The van der Waals surface area contributed by atoms with Crippen LogP contribution in [0, 0.1) is 46.3 Å². The van der Waals surface area contributed by atoms with E-state index >= 15 is 0 Å². The molecule has 1 saturated carbocycles. The van der Waals surface area contributed by atoms with E-state index in [1.165, 1.54) is 0 Å². The number of hydrogen-bond donors (Lipinski definition) is 0. The summed E-state index contributed by atoms with van der Waals surface area (Å²) in [7, 11) is 0. The zero-order valence-corrected chi connectivity index (χ0v) is 10.4. The lowest BCUT2D eigenvalue weighted by atomic mass is 9.55. The van der Waals surface area contributed by atoms with Gasteiger partial charge in [-0.1, -0.05) is 0 Å². The van der Waals surface area contributed by atoms with Gasteiger partial charge in [-0.2, -0.15) is 10.5 Å². The van der Waals surface area contributed by atoms with E-state index in [9.17, 15) is 15.3 Å². The van der Waals surface area contributed by atoms with Gasteiger partial charge in [-0.05, 0) is 30.6 Å². The topological polar surface area (TPSA) is 67.9 Å². The summed E-state index contributed by atoms with van der Waals surface area (Å²) >= 11 is 0. The number of allylic oxidation sites excluding steroid dienone is 2. The van der Waals surface area contributed by atoms with Crippen molar-refractivity contribution in [2.45, 2.75) is 19.8 Å². The third kappa shape index (κ3) is 1.39. The minimum absolute atomic E-state index is 0.130. The molecule has 1 aliphatic heterocycles. The summed E-state index contributed by atoms with van der Waals surface area (Å²) in [5.41, 5.74) is 1.45. The van der Waals surface area contributed by atoms with Gasteiger partial charge in [-0.15, -0.1) is 0 Å². The van der Waals surface area contributed by atoms with Crippen LogP contribution in [-0.4, -0.2) is 23.9 Å². The van der Waals surface area contributed by atoms with Crippen molar-refractivity contribution in [3.63, 3.8) is 0 Å². The molecule has 0 aromatic rings. The highest BCUT2D eigenvalue weighted by atomic mass is 16.2. The number of nitrogens with zero attached hydrogens (tertiary/aromatic N) is 3. The fourth-order valence-electron chi connectivity index (χ4n) is 4.17. The van der Waals surface area contributed by atoms with E-state index < -0.39 is 0 Å². The molecule has 0 aromatic heterocycles. The highest BCUT2D eigenvalue weighted by molar-refractivity contribution is 5.73. The minimum atomic E-state index is 0.130. The van der Waals surface area contributed by atoms with Crippen LogP contribution in [0.5, 0.6) is 0 Å². The molecule has 2 unspecified atom stereocenters. The van der Waals surface area contributed by atoms with Gasteiger partial charge in [0.25, 0.3) is 0 Å². The second-order valence-corrected chi connectivity index (χ2v) is 5.69. The van der Waals surface area contributed by atoms with E-state index in [4.69, 9.17) is 0 Å². The van der Waals surface area contributed by atoms with Gasteiger partial charge in [0, 0.05) is 37.1 Å². The van der Waals surface area contributed by atoms with Crippen LogP contribution < -0.4 is 0 Å². The van der Waals surface area contributed by atoms with Crippen LogP contribution in [-0.2, 0) is 4.79 Å². The molecule has 4 atom stereocenters. The Morgan fingerprint density at radius 2 is 1.72 bits per heavy atom. The summed E-state index contributed by atoms with van der Waals surface area (Å²) in [6.45, 7) is 3.13. The second kappa shape index (κ2) is 3.85. The quantitative estimate of drug-likeness (QED) is 0.644. The fraction of sp³-hybridized carbons (Fsp3) is 0.643. The van der Waals surface area contributed by atoms with E-state index in [1.54, 1.807) is 6.92 Å². The maximum Gasteiger partial charge on any atom is 0.219 e. The number of carbonyl (C=O) groups is 1. The normalized spacial score (nSPS) is 37.2. The van der Waals surface area contributed by atoms with Crippen LogP contribution in [0.3, 0.4) is 0 Å². The summed E-state index contributed by atoms with van der Waals surface area (Å²) in [5.74, 6) is 1.39. The van der Waals surface area contributed by atoms with Gasteiger partial charge in [0.1, 0.15) is 0 Å². The van der Waals surface area contributed by atoms with Gasteiger partial charge in [0.2, 0.25) is 5.91 Å². The SMILES string of the molecule is CC(=O)N1C[C@H]2CC3C[C@@H](C1)C2C(C#N)=C3C#N. The molecule has 4 bridgehead atoms. The number of likely N-dealkylation sites (tertiary alicyclic amines) is 1. The predicted molar refractivity (Wildman–Crippen MR) is 63.7 cm³/mol. The van der Waals surface area contributed by atoms with Crippen LogP contribution >= 0.6 is 0 Å². The lowest BCUT2D eigenvalue weighted by Gasteiger charge is -2.53. The second-order valence-electron chi connectivity index (χ2n) is 5.69. The van der Waals surface area contributed by atoms with Crippen LogP contribution in [0.2, 0.25) is 0 Å². The van der Waals surface area contributed by atoms with Crippen molar-refractivity contribution in [3.05, 3.63) is 11.1 Å². The van der Waals surface area contributed by atoms with Gasteiger partial charge >= 0.3 is 0 Å². The first-order valence-corrected chi connectivity index (χ1v) is 6.45. The molecule has 92 valence electrons. The largest absolute Gasteiger partial charge is 0.342 e. The van der Waals surface area contributed by atoms with Gasteiger partial charge in [-0.25, -0.2) is 0 Å². The maximum atomic E-state index is 11.5. The summed E-state index contributed by atoms with van der Waals surface area (Å²) in [4.78, 5) is 13.4. The van der Waals surface area contributed by atoms with Crippen molar-refractivity contribution in [3.8, 4) is 12.1 Å². The minimum Gasteiger partial charge on any atom is -0.342 e. The summed E-state index contributed by atoms with van der Waals surface area (Å²) in [6, 6.07) is 4.50. The molecule has 0 aromatic carbocycles. The van der Waals surface area contributed by atoms with Gasteiger partial charge in [-0.3, -0.25) is 4.79 Å². The Hall–Kier alpha value is -1.81. The first-order valence-electron chi connectivity index (χ1n) is 6.45. The molecule has 0 N–H and O–H groups in total. The van der Waals surface area contributed by atoms with Crippen molar-refractivity contribution in [1.82, 2.24) is 4.90 Å². The summed E-state index contributed by atoms with van der Waals surface area (Å²) in [6.07, 6.45) is 1.94. The molecule has 4 heteroatoms. The van der Waals surface area contributed by atoms with Crippen LogP contribution in [0.25, 0.3) is 0 Å². The number of carbonyl (C=O) groups excluding carboxylic acids is 1. The average molecular weight is 241 g/mol. The Morgan fingerprint density at radius 1 is 1.17 bits per heavy atom. The average Bonchev–Trinajstić information content (AvgIpc) is 2.36. The number of rotatable bonds is 0. The zero-order valence-electron chi connectivity index (χ0n) is 10.4. The van der Waals surface area contributed by atoms with E-state index in [0.717, 1.165) is 37.1 Å². The zero-order chi connectivity index (χ0) is 12.9. The molecule has 1 heterocycles. The molecule has 1 saturated heterocycles. The lowest BCUT2D eigenvalue weighted by Crippen LogP contribution is -2.54. The molecule has 4 aliphatic rings. The number of nitriles is 2. The molecule has 3 aliphatic carbocycles. The molecule has 1 amide bonds. The van der Waals surface area contributed by atoms with E-state index in [-0.39, 0.29) is 17.7 Å². The summed E-state index contributed by atoms with van der Waals surface area (Å²) in [5, 5.41) is 18.5. The molecule has 4 nitrogen and oxygen atoms in total. The third-order valence-corrected chi connectivity index (χ3v) is 4.82. The molecule has 18 heavy (non-hydrogen) atoms. The van der Waals surface area contributed by atoms with Crippen molar-refractivity contribution >= 4 is 5.91 Å². The van der Waals surface area contributed by atoms with Crippen LogP contribution in [0.4, 0.5) is 0 Å². The Labute approximate surface area is 106 Å². The highest BCUT2D eigenvalue weighted by Gasteiger charge is 2.50. The van der Waals surface area contributed by atoms with Crippen molar-refractivity contribution in [1.29, 1.82) is 10.5 Å². The van der Waals surface area contributed by atoms with Crippen molar-refractivity contribution < 1.29 is 4.79 Å². The fourth-order valence-corrected chi connectivity index (χ4v) is 4.17. The van der Waals surface area contributed by atoms with Gasteiger partial charge < -0.3 is 4.90 Å². The monoisotopic (exact) mass is 241 g/mol. The number of amides is 1. The first kappa shape index (κ1) is 11.3. The number of hydrogen-bond acceptors (Lipinski definition) is 3. The molecule has 0 spiro atoms. The Morgan fingerprint density at radius 3 is 2.17 bits per heavy atom. The van der Waals surface area contributed by atoms with Gasteiger partial charge in [0.15, 0.2) is 0 Å². The molecule has 4 rings (SSSR count).